The molecule has 0 aliphatic carbocycles. The van der Waals surface area contributed by atoms with Gasteiger partial charge in [0.05, 0.1) is 10.9 Å². The van der Waals surface area contributed by atoms with Gasteiger partial charge in [0.1, 0.15) is 29.8 Å². The van der Waals surface area contributed by atoms with Crippen LogP contribution >= 0.6 is 11.6 Å². The Labute approximate surface area is 184 Å². The van der Waals surface area contributed by atoms with Gasteiger partial charge >= 0.3 is 0 Å². The lowest BCUT2D eigenvalue weighted by atomic mass is 9.81. The number of aromatic amines is 1. The molecule has 158 valence electrons. The first-order valence-corrected chi connectivity index (χ1v) is 9.98. The second-order valence-electron chi connectivity index (χ2n) is 7.49. The molecule has 6 nitrogen and oxygen atoms in total. The first-order chi connectivity index (χ1) is 14.8. The Balaban J connectivity index is 1.76. The molecule has 0 saturated carbocycles. The quantitative estimate of drug-likeness (QED) is 0.602. The number of aromatic nitrogens is 2. The maximum atomic E-state index is 13.3. The topological polar surface area (TPSA) is 97.0 Å². The normalized spacial score (nSPS) is 15.3. The van der Waals surface area contributed by atoms with E-state index < -0.39 is 11.7 Å². The van der Waals surface area contributed by atoms with E-state index in [4.69, 9.17) is 26.8 Å². The lowest BCUT2D eigenvalue weighted by Gasteiger charge is -2.26. The van der Waals surface area contributed by atoms with Crippen molar-refractivity contribution in [3.63, 3.8) is 0 Å². The third-order valence-corrected chi connectivity index (χ3v) is 5.74. The number of nitriles is 1. The highest BCUT2D eigenvalue weighted by Gasteiger charge is 2.35. The Morgan fingerprint density at radius 1 is 1.26 bits per heavy atom. The number of nitrogens with one attached hydrogen (secondary N) is 1. The number of aryl methyl sites for hydroxylation is 3. The van der Waals surface area contributed by atoms with E-state index in [-0.39, 0.29) is 17.5 Å². The number of rotatable bonds is 4. The Morgan fingerprint density at radius 3 is 2.74 bits per heavy atom. The fourth-order valence-corrected chi connectivity index (χ4v) is 4.06. The smallest absolute Gasteiger partial charge is 0.244 e. The average molecular weight is 439 g/mol. The molecular weight excluding hydrogens is 419 g/mol. The molecule has 0 radical (unpaired) electrons. The maximum absolute atomic E-state index is 13.3. The van der Waals surface area contributed by atoms with Gasteiger partial charge in [-0.3, -0.25) is 5.10 Å². The molecule has 1 atom stereocenters. The van der Waals surface area contributed by atoms with E-state index >= 15 is 0 Å². The molecule has 3 N–H and O–H groups in total. The Bertz CT molecular complexity index is 1260. The van der Waals surface area contributed by atoms with Gasteiger partial charge in [-0.1, -0.05) is 23.7 Å². The first-order valence-electron chi connectivity index (χ1n) is 9.60. The fraction of sp³-hybridized carbons (Fsp3) is 0.217. The summed E-state index contributed by atoms with van der Waals surface area (Å²) in [4.78, 5) is 0. The number of allylic oxidation sites excluding steroid dienone is 1. The zero-order chi connectivity index (χ0) is 22.3. The van der Waals surface area contributed by atoms with Crippen molar-refractivity contribution in [2.24, 2.45) is 5.73 Å². The Hall–Kier alpha value is -3.50. The number of ether oxygens (including phenoxy) is 2. The van der Waals surface area contributed by atoms with Crippen LogP contribution in [-0.4, -0.2) is 10.2 Å². The molecule has 0 amide bonds. The summed E-state index contributed by atoms with van der Waals surface area (Å²) in [5, 5.41) is 17.1. The third kappa shape index (κ3) is 3.71. The van der Waals surface area contributed by atoms with Crippen LogP contribution in [-0.2, 0) is 6.61 Å². The Kier molecular flexibility index (Phi) is 5.34. The summed E-state index contributed by atoms with van der Waals surface area (Å²) >= 11 is 6.08. The summed E-state index contributed by atoms with van der Waals surface area (Å²) in [6, 6.07) is 10.2. The highest BCUT2D eigenvalue weighted by molar-refractivity contribution is 6.32. The first kappa shape index (κ1) is 20.8. The van der Waals surface area contributed by atoms with Crippen LogP contribution in [0.25, 0.3) is 0 Å². The molecule has 0 fully saturated rings. The van der Waals surface area contributed by atoms with E-state index in [1.54, 1.807) is 0 Å². The van der Waals surface area contributed by atoms with Crippen LogP contribution in [0.2, 0.25) is 5.02 Å². The summed E-state index contributed by atoms with van der Waals surface area (Å²) in [5.74, 6) is -0.0330. The van der Waals surface area contributed by atoms with Crippen molar-refractivity contribution < 1.29 is 13.9 Å². The van der Waals surface area contributed by atoms with Crippen molar-refractivity contribution >= 4 is 11.6 Å². The molecule has 0 saturated heterocycles. The van der Waals surface area contributed by atoms with Crippen LogP contribution in [0.1, 0.15) is 39.4 Å². The molecule has 3 aromatic rings. The molecule has 0 bridgehead atoms. The summed E-state index contributed by atoms with van der Waals surface area (Å²) < 4.78 is 24.7. The number of nitrogens with two attached hydrogens (primary N) is 1. The molecule has 8 heteroatoms. The van der Waals surface area contributed by atoms with E-state index in [9.17, 15) is 9.65 Å². The van der Waals surface area contributed by atoms with Crippen LogP contribution in [0.15, 0.2) is 41.8 Å². The fourth-order valence-electron chi connectivity index (χ4n) is 3.84. The van der Waals surface area contributed by atoms with E-state index in [0.717, 1.165) is 33.5 Å². The number of halogens is 2. The minimum absolute atomic E-state index is 0.0439. The van der Waals surface area contributed by atoms with Gasteiger partial charge in [0.2, 0.25) is 11.8 Å². The molecule has 0 unspecified atom stereocenters. The van der Waals surface area contributed by atoms with E-state index in [1.807, 2.05) is 32.9 Å². The van der Waals surface area contributed by atoms with Gasteiger partial charge in [-0.25, -0.2) is 4.39 Å². The largest absolute Gasteiger partial charge is 0.487 e. The number of H-pyrrole nitrogens is 1. The number of benzene rings is 2. The standard InChI is InChI=1S/C23H20ClFN4O2/c1-11-6-12(2)16(7-14(11)10-30-19-5-4-15(25)8-18(19)24)21-17(9-26)22(27)31-23-20(21)13(3)28-29-23/h4-8,21H,10,27H2,1-3H3,(H,28,29)/t21-/m1/s1. The molecule has 2 aromatic carbocycles. The molecule has 0 spiro atoms. The minimum Gasteiger partial charge on any atom is -0.487 e. The van der Waals surface area contributed by atoms with Gasteiger partial charge in [-0.15, -0.1) is 5.10 Å². The molecule has 1 aromatic heterocycles. The molecule has 2 heterocycles. The number of hydrogen-bond donors (Lipinski definition) is 2. The molecule has 4 rings (SSSR count). The van der Waals surface area contributed by atoms with Gasteiger partial charge in [-0.2, -0.15) is 5.26 Å². The lowest BCUT2D eigenvalue weighted by molar-refractivity contribution is 0.305. The molecule has 31 heavy (non-hydrogen) atoms. The van der Waals surface area contributed by atoms with Gasteiger partial charge in [-0.05, 0) is 61.2 Å². The Morgan fingerprint density at radius 2 is 2.03 bits per heavy atom. The predicted molar refractivity (Wildman–Crippen MR) is 114 cm³/mol. The minimum atomic E-state index is -0.426. The van der Waals surface area contributed by atoms with Gasteiger partial charge in [0, 0.05) is 11.3 Å². The highest BCUT2D eigenvalue weighted by atomic mass is 35.5. The second-order valence-corrected chi connectivity index (χ2v) is 7.90. The highest BCUT2D eigenvalue weighted by Crippen LogP contribution is 2.44. The predicted octanol–water partition coefficient (Wildman–Crippen LogP) is 4.92. The third-order valence-electron chi connectivity index (χ3n) is 5.44. The molecule has 1 aliphatic rings. The number of hydrogen-bond acceptors (Lipinski definition) is 5. The van der Waals surface area contributed by atoms with Crippen molar-refractivity contribution in [2.75, 3.05) is 0 Å². The van der Waals surface area contributed by atoms with Crippen molar-refractivity contribution in [2.45, 2.75) is 33.3 Å². The summed E-state index contributed by atoms with van der Waals surface area (Å²) in [6.07, 6.45) is 0. The van der Waals surface area contributed by atoms with Crippen molar-refractivity contribution in [1.29, 1.82) is 5.26 Å². The average Bonchev–Trinajstić information content (AvgIpc) is 3.08. The monoisotopic (exact) mass is 438 g/mol. The second kappa shape index (κ2) is 7.97. The summed E-state index contributed by atoms with van der Waals surface area (Å²) in [5.41, 5.74) is 11.8. The number of fused-ring (bicyclic) bond motifs is 1. The van der Waals surface area contributed by atoms with Gasteiger partial charge < -0.3 is 15.2 Å². The van der Waals surface area contributed by atoms with Crippen molar-refractivity contribution in [1.82, 2.24) is 10.2 Å². The van der Waals surface area contributed by atoms with Crippen molar-refractivity contribution in [3.05, 3.63) is 86.1 Å². The van der Waals surface area contributed by atoms with Crippen molar-refractivity contribution in [3.8, 4) is 17.7 Å². The van der Waals surface area contributed by atoms with Gasteiger partial charge in [0.15, 0.2) is 0 Å². The van der Waals surface area contributed by atoms with E-state index in [1.165, 1.54) is 18.2 Å². The van der Waals surface area contributed by atoms with E-state index in [2.05, 4.69) is 16.3 Å². The van der Waals surface area contributed by atoms with Crippen LogP contribution < -0.4 is 15.2 Å². The molecule has 1 aliphatic heterocycles. The number of nitrogens with zero attached hydrogens (tertiary/aromatic N) is 2. The van der Waals surface area contributed by atoms with Crippen LogP contribution in [0.5, 0.6) is 11.6 Å². The van der Waals surface area contributed by atoms with Crippen LogP contribution in [0.4, 0.5) is 4.39 Å². The SMILES string of the molecule is Cc1cc(C)c([C@@H]2C(C#N)=C(N)Oc3n[nH]c(C)c32)cc1COc1ccc(F)cc1Cl. The van der Waals surface area contributed by atoms with Crippen LogP contribution in [0.3, 0.4) is 0 Å². The zero-order valence-electron chi connectivity index (χ0n) is 17.2. The maximum Gasteiger partial charge on any atom is 0.244 e. The molecular formula is C23H20ClFN4O2. The summed E-state index contributed by atoms with van der Waals surface area (Å²) in [6.45, 7) is 6.07. The van der Waals surface area contributed by atoms with Gasteiger partial charge in [0.25, 0.3) is 0 Å². The van der Waals surface area contributed by atoms with E-state index in [0.29, 0.717) is 17.2 Å². The van der Waals surface area contributed by atoms with Crippen LogP contribution in [0, 0.1) is 37.9 Å². The lowest BCUT2D eigenvalue weighted by Crippen LogP contribution is -2.21. The summed E-state index contributed by atoms with van der Waals surface area (Å²) in [7, 11) is 0. The zero-order valence-corrected chi connectivity index (χ0v) is 18.0.